The van der Waals surface area contributed by atoms with Crippen LogP contribution in [0.2, 0.25) is 0 Å². The summed E-state index contributed by atoms with van der Waals surface area (Å²) in [6.45, 7) is 5.22. The summed E-state index contributed by atoms with van der Waals surface area (Å²) >= 11 is 0. The maximum atomic E-state index is 13.2. The first-order valence-electron chi connectivity index (χ1n) is 7.87. The first-order valence-corrected chi connectivity index (χ1v) is 7.87. The Hall–Kier alpha value is -2.76. The maximum absolute atomic E-state index is 13.2. The van der Waals surface area contributed by atoms with Gasteiger partial charge in [0.25, 0.3) is 5.91 Å². The van der Waals surface area contributed by atoms with E-state index in [4.69, 9.17) is 0 Å². The lowest BCUT2D eigenvalue weighted by Gasteiger charge is -2.15. The number of halogens is 2. The predicted octanol–water partition coefficient (Wildman–Crippen LogP) is 3.19. The van der Waals surface area contributed by atoms with Gasteiger partial charge in [0.2, 0.25) is 5.91 Å². The molecule has 4 nitrogen and oxygen atoms in total. The molecule has 0 unspecified atom stereocenters. The Morgan fingerprint density at radius 1 is 1.00 bits per heavy atom. The summed E-state index contributed by atoms with van der Waals surface area (Å²) in [6.07, 6.45) is 0. The Balaban J connectivity index is 1.91. The molecule has 0 aliphatic carbocycles. The molecule has 25 heavy (non-hydrogen) atoms. The van der Waals surface area contributed by atoms with E-state index in [2.05, 4.69) is 10.6 Å². The van der Waals surface area contributed by atoms with Crippen LogP contribution in [0.15, 0.2) is 36.4 Å². The van der Waals surface area contributed by atoms with Crippen molar-refractivity contribution in [3.63, 3.8) is 0 Å². The van der Waals surface area contributed by atoms with E-state index in [1.54, 1.807) is 19.1 Å². The predicted molar refractivity (Wildman–Crippen MR) is 91.2 cm³/mol. The van der Waals surface area contributed by atoms with Crippen molar-refractivity contribution in [1.82, 2.24) is 10.6 Å². The maximum Gasteiger partial charge on any atom is 0.251 e. The molecule has 0 bridgehead atoms. The summed E-state index contributed by atoms with van der Waals surface area (Å²) in [4.78, 5) is 24.1. The van der Waals surface area contributed by atoms with E-state index in [9.17, 15) is 18.4 Å². The number of carbonyl (C=O) groups is 2. The lowest BCUT2D eigenvalue weighted by molar-refractivity contribution is -0.120. The van der Waals surface area contributed by atoms with Crippen LogP contribution >= 0.6 is 0 Å². The van der Waals surface area contributed by atoms with Crippen LogP contribution in [0.25, 0.3) is 0 Å². The van der Waals surface area contributed by atoms with Crippen molar-refractivity contribution < 1.29 is 18.4 Å². The third-order valence-corrected chi connectivity index (χ3v) is 3.71. The van der Waals surface area contributed by atoms with Crippen molar-refractivity contribution >= 4 is 11.8 Å². The standard InChI is InChI=1S/C19H20F2N2O2/c1-11-6-12(2)8-15(7-11)19(25)22-10-18(24)23-13(3)14-4-5-16(20)17(21)9-14/h4-9,13H,10H2,1-3H3,(H,22,25)(H,23,24)/t13-/m1/s1. The van der Waals surface area contributed by atoms with Gasteiger partial charge in [-0.25, -0.2) is 8.78 Å². The van der Waals surface area contributed by atoms with Crippen LogP contribution in [0.1, 0.15) is 40.0 Å². The summed E-state index contributed by atoms with van der Waals surface area (Å²) in [5, 5.41) is 5.18. The molecule has 0 spiro atoms. The van der Waals surface area contributed by atoms with Crippen molar-refractivity contribution in [3.05, 3.63) is 70.3 Å². The molecular formula is C19H20F2N2O2. The number of hydrogen-bond donors (Lipinski definition) is 2. The summed E-state index contributed by atoms with van der Waals surface area (Å²) < 4.78 is 26.2. The van der Waals surface area contributed by atoms with Crippen molar-refractivity contribution in [2.24, 2.45) is 0 Å². The number of amides is 2. The van der Waals surface area contributed by atoms with Gasteiger partial charge in [-0.05, 0) is 50.6 Å². The second kappa shape index (κ2) is 7.88. The van der Waals surface area contributed by atoms with Crippen LogP contribution < -0.4 is 10.6 Å². The Morgan fingerprint density at radius 2 is 1.64 bits per heavy atom. The molecule has 2 N–H and O–H groups in total. The van der Waals surface area contributed by atoms with Crippen LogP contribution in [0.3, 0.4) is 0 Å². The average Bonchev–Trinajstić information content (AvgIpc) is 2.54. The normalized spacial score (nSPS) is 11.7. The summed E-state index contributed by atoms with van der Waals surface area (Å²) in [5.41, 5.74) is 2.84. The Labute approximate surface area is 145 Å². The number of benzene rings is 2. The molecule has 0 saturated heterocycles. The largest absolute Gasteiger partial charge is 0.348 e. The molecule has 2 amide bonds. The van der Waals surface area contributed by atoms with Crippen LogP contribution in [-0.4, -0.2) is 18.4 Å². The van der Waals surface area contributed by atoms with Gasteiger partial charge in [0.05, 0.1) is 12.6 Å². The van der Waals surface area contributed by atoms with Crippen molar-refractivity contribution in [3.8, 4) is 0 Å². The van der Waals surface area contributed by atoms with Gasteiger partial charge in [-0.3, -0.25) is 9.59 Å². The highest BCUT2D eigenvalue weighted by Crippen LogP contribution is 2.15. The molecule has 0 aliphatic rings. The molecule has 2 aromatic carbocycles. The number of hydrogen-bond acceptors (Lipinski definition) is 2. The molecule has 0 aliphatic heterocycles. The Morgan fingerprint density at radius 3 is 2.24 bits per heavy atom. The number of rotatable bonds is 5. The first-order chi connectivity index (χ1) is 11.8. The molecule has 132 valence electrons. The molecule has 0 aromatic heterocycles. The van der Waals surface area contributed by atoms with Gasteiger partial charge in [-0.15, -0.1) is 0 Å². The summed E-state index contributed by atoms with van der Waals surface area (Å²) in [7, 11) is 0. The van der Waals surface area contributed by atoms with Gasteiger partial charge in [-0.2, -0.15) is 0 Å². The van der Waals surface area contributed by atoms with E-state index in [0.717, 1.165) is 23.3 Å². The van der Waals surface area contributed by atoms with Gasteiger partial charge in [0.1, 0.15) is 0 Å². The minimum atomic E-state index is -0.971. The fourth-order valence-corrected chi connectivity index (χ4v) is 2.53. The summed E-state index contributed by atoms with van der Waals surface area (Å²) in [6, 6.07) is 8.36. The fourth-order valence-electron chi connectivity index (χ4n) is 2.53. The third kappa shape index (κ3) is 5.11. The zero-order valence-electron chi connectivity index (χ0n) is 14.3. The molecule has 2 aromatic rings. The minimum Gasteiger partial charge on any atom is -0.348 e. The quantitative estimate of drug-likeness (QED) is 0.874. The minimum absolute atomic E-state index is 0.208. The molecule has 0 heterocycles. The molecule has 6 heteroatoms. The van der Waals surface area contributed by atoms with Crippen molar-refractivity contribution in [2.45, 2.75) is 26.8 Å². The second-order valence-electron chi connectivity index (χ2n) is 6.02. The molecular weight excluding hydrogens is 326 g/mol. The van der Waals surface area contributed by atoms with E-state index in [-0.39, 0.29) is 12.5 Å². The van der Waals surface area contributed by atoms with Crippen LogP contribution in [0.5, 0.6) is 0 Å². The number of aryl methyl sites for hydroxylation is 2. The lowest BCUT2D eigenvalue weighted by atomic mass is 10.1. The van der Waals surface area contributed by atoms with E-state index in [1.807, 2.05) is 19.9 Å². The van der Waals surface area contributed by atoms with Gasteiger partial charge in [0.15, 0.2) is 11.6 Å². The van der Waals surface area contributed by atoms with Gasteiger partial charge in [0, 0.05) is 5.56 Å². The lowest BCUT2D eigenvalue weighted by Crippen LogP contribution is -2.38. The van der Waals surface area contributed by atoms with Crippen LogP contribution in [-0.2, 0) is 4.79 Å². The highest BCUT2D eigenvalue weighted by Gasteiger charge is 2.13. The average molecular weight is 346 g/mol. The van der Waals surface area contributed by atoms with Gasteiger partial charge >= 0.3 is 0 Å². The van der Waals surface area contributed by atoms with E-state index in [0.29, 0.717) is 11.1 Å². The van der Waals surface area contributed by atoms with E-state index < -0.39 is 23.6 Å². The topological polar surface area (TPSA) is 58.2 Å². The van der Waals surface area contributed by atoms with Crippen LogP contribution in [0.4, 0.5) is 8.78 Å². The third-order valence-electron chi connectivity index (χ3n) is 3.71. The smallest absolute Gasteiger partial charge is 0.251 e. The number of carbonyl (C=O) groups excluding carboxylic acids is 2. The van der Waals surface area contributed by atoms with Crippen molar-refractivity contribution in [1.29, 1.82) is 0 Å². The second-order valence-corrected chi connectivity index (χ2v) is 6.02. The fraction of sp³-hybridized carbons (Fsp3) is 0.263. The Bertz CT molecular complexity index is 786. The highest BCUT2D eigenvalue weighted by atomic mass is 19.2. The Kier molecular flexibility index (Phi) is 5.85. The van der Waals surface area contributed by atoms with Gasteiger partial charge in [-0.1, -0.05) is 23.3 Å². The summed E-state index contributed by atoms with van der Waals surface area (Å²) in [5.74, 6) is -2.68. The molecule has 1 atom stereocenters. The first kappa shape index (κ1) is 18.6. The SMILES string of the molecule is Cc1cc(C)cc(C(=O)NCC(=O)N[C@H](C)c2ccc(F)c(F)c2)c1. The van der Waals surface area contributed by atoms with E-state index >= 15 is 0 Å². The molecule has 2 rings (SSSR count). The highest BCUT2D eigenvalue weighted by molar-refractivity contribution is 5.96. The molecule has 0 fully saturated rings. The van der Waals surface area contributed by atoms with Crippen molar-refractivity contribution in [2.75, 3.05) is 6.54 Å². The number of nitrogens with one attached hydrogen (secondary N) is 2. The molecule has 0 saturated carbocycles. The van der Waals surface area contributed by atoms with Crippen LogP contribution in [0, 0.1) is 25.5 Å². The molecule has 0 radical (unpaired) electrons. The van der Waals surface area contributed by atoms with E-state index in [1.165, 1.54) is 6.07 Å². The zero-order valence-corrected chi connectivity index (χ0v) is 14.3. The van der Waals surface area contributed by atoms with Gasteiger partial charge < -0.3 is 10.6 Å². The zero-order chi connectivity index (χ0) is 18.6. The monoisotopic (exact) mass is 346 g/mol.